The number of likely N-dealkylation sites (tertiary alicyclic amines) is 1. The Morgan fingerprint density at radius 2 is 1.76 bits per heavy atom. The van der Waals surface area contributed by atoms with Crippen LogP contribution in [0.5, 0.6) is 0 Å². The van der Waals surface area contributed by atoms with Crippen molar-refractivity contribution >= 4 is 30.1 Å². The molecular weight excluding hydrogens is 510 g/mol. The average molecular weight is 550 g/mol. The average Bonchev–Trinajstić information content (AvgIpc) is 3.28. The summed E-state index contributed by atoms with van der Waals surface area (Å²) in [4.78, 5) is 15.9. The molecule has 1 fully saturated rings. The zero-order chi connectivity index (χ0) is 26.8. The number of nitrogens with zero attached hydrogens (tertiary/aromatic N) is 1. The molecule has 6 heteroatoms. The van der Waals surface area contributed by atoms with E-state index in [1.54, 1.807) is 11.6 Å². The summed E-state index contributed by atoms with van der Waals surface area (Å²) in [6.45, 7) is 4.35. The third kappa shape index (κ3) is 8.09. The summed E-state index contributed by atoms with van der Waals surface area (Å²) in [5.41, 5.74) is 4.45. The van der Waals surface area contributed by atoms with E-state index in [4.69, 9.17) is 11.6 Å². The number of piperidine rings is 1. The molecule has 1 aliphatic carbocycles. The molecule has 1 amide bonds. The fourth-order valence-corrected chi connectivity index (χ4v) is 6.33. The van der Waals surface area contributed by atoms with Crippen molar-refractivity contribution < 1.29 is 4.79 Å². The number of rotatable bonds is 8. The fraction of sp³-hybridized carbons (Fsp3) is 0.406. The van der Waals surface area contributed by atoms with Crippen LogP contribution >= 0.6 is 24.2 Å². The number of hydrogen-bond acceptors (Lipinski definition) is 4. The lowest BCUT2D eigenvalue weighted by molar-refractivity contribution is -0.121. The highest BCUT2D eigenvalue weighted by molar-refractivity contribution is 7.80. The standard InChI is InChI=1S/C26H35N3O.C6H5ClS/c1-27-20-26(14-11-22-9-5-6-10-24(22)26)15-18-29-16-12-23(13-17-29)28-25(30)19-21-7-3-2-4-8-21;7-5-2-1-3-6(8)4-5/h2-10,23,27H,11-20H2,1H3,(H,28,30);1-4,8H. The molecule has 3 aromatic carbocycles. The van der Waals surface area contributed by atoms with E-state index in [-0.39, 0.29) is 11.3 Å². The zero-order valence-corrected chi connectivity index (χ0v) is 24.0. The van der Waals surface area contributed by atoms with Crippen molar-refractivity contribution in [2.75, 3.05) is 33.2 Å². The Morgan fingerprint density at radius 3 is 2.45 bits per heavy atom. The van der Waals surface area contributed by atoms with E-state index in [0.717, 1.165) is 54.5 Å². The first-order valence-corrected chi connectivity index (χ1v) is 14.5. The molecule has 1 saturated heterocycles. The smallest absolute Gasteiger partial charge is 0.224 e. The van der Waals surface area contributed by atoms with E-state index in [9.17, 15) is 4.79 Å². The predicted octanol–water partition coefficient (Wildman–Crippen LogP) is 5.93. The summed E-state index contributed by atoms with van der Waals surface area (Å²) in [6.07, 6.45) is 6.24. The van der Waals surface area contributed by atoms with Crippen LogP contribution in [0.15, 0.2) is 83.8 Å². The van der Waals surface area contributed by atoms with E-state index < -0.39 is 0 Å². The Hall–Kier alpha value is -2.31. The molecule has 1 aliphatic heterocycles. The molecule has 0 saturated carbocycles. The number of aryl methyl sites for hydroxylation is 1. The van der Waals surface area contributed by atoms with Gasteiger partial charge in [0, 0.05) is 41.0 Å². The van der Waals surface area contributed by atoms with Crippen LogP contribution in [0, 0.1) is 0 Å². The van der Waals surface area contributed by atoms with Gasteiger partial charge in [0.1, 0.15) is 0 Å². The number of hydrogen-bond donors (Lipinski definition) is 3. The van der Waals surface area contributed by atoms with Crippen LogP contribution in [0.3, 0.4) is 0 Å². The van der Waals surface area contributed by atoms with Crippen LogP contribution in [0.2, 0.25) is 5.02 Å². The second-order valence-electron chi connectivity index (χ2n) is 10.5. The van der Waals surface area contributed by atoms with Gasteiger partial charge in [-0.15, -0.1) is 12.6 Å². The van der Waals surface area contributed by atoms with E-state index in [1.165, 1.54) is 24.8 Å². The summed E-state index contributed by atoms with van der Waals surface area (Å²) >= 11 is 9.67. The summed E-state index contributed by atoms with van der Waals surface area (Å²) in [7, 11) is 2.08. The molecule has 202 valence electrons. The highest BCUT2D eigenvalue weighted by Crippen LogP contribution is 2.41. The van der Waals surface area contributed by atoms with Gasteiger partial charge in [-0.3, -0.25) is 4.79 Å². The fourth-order valence-electron chi connectivity index (χ4n) is 5.84. The van der Waals surface area contributed by atoms with Gasteiger partial charge in [-0.2, -0.15) is 0 Å². The Bertz CT molecular complexity index is 1140. The zero-order valence-electron chi connectivity index (χ0n) is 22.3. The van der Waals surface area contributed by atoms with Gasteiger partial charge in [0.05, 0.1) is 6.42 Å². The molecule has 1 unspecified atom stereocenters. The number of carbonyl (C=O) groups is 1. The molecule has 2 aliphatic rings. The number of likely N-dealkylation sites (N-methyl/N-ethyl adjacent to an activating group) is 1. The van der Waals surface area contributed by atoms with Crippen molar-refractivity contribution in [3.63, 3.8) is 0 Å². The first kappa shape index (κ1) is 28.7. The van der Waals surface area contributed by atoms with E-state index >= 15 is 0 Å². The van der Waals surface area contributed by atoms with Crippen molar-refractivity contribution in [3.05, 3.63) is 101 Å². The third-order valence-corrected chi connectivity index (χ3v) is 8.37. The van der Waals surface area contributed by atoms with Crippen LogP contribution in [0.1, 0.15) is 42.4 Å². The van der Waals surface area contributed by atoms with Gasteiger partial charge in [0.25, 0.3) is 0 Å². The number of thiol groups is 1. The summed E-state index contributed by atoms with van der Waals surface area (Å²) < 4.78 is 0. The molecule has 2 N–H and O–H groups in total. The molecule has 1 atom stereocenters. The lowest BCUT2D eigenvalue weighted by Gasteiger charge is -2.36. The van der Waals surface area contributed by atoms with Crippen molar-refractivity contribution in [1.29, 1.82) is 0 Å². The first-order valence-electron chi connectivity index (χ1n) is 13.7. The van der Waals surface area contributed by atoms with E-state index in [2.05, 4.69) is 59.5 Å². The minimum absolute atomic E-state index is 0.148. The van der Waals surface area contributed by atoms with Gasteiger partial charge >= 0.3 is 0 Å². The third-order valence-electron chi connectivity index (χ3n) is 7.85. The van der Waals surface area contributed by atoms with Crippen molar-refractivity contribution in [1.82, 2.24) is 15.5 Å². The molecule has 1 heterocycles. The number of nitrogens with one attached hydrogen (secondary N) is 2. The maximum atomic E-state index is 12.4. The van der Waals surface area contributed by atoms with Gasteiger partial charge in [-0.1, -0.05) is 72.3 Å². The highest BCUT2D eigenvalue weighted by Gasteiger charge is 2.38. The van der Waals surface area contributed by atoms with E-state index in [1.807, 2.05) is 48.5 Å². The minimum atomic E-state index is 0.148. The van der Waals surface area contributed by atoms with Crippen LogP contribution in [-0.2, 0) is 23.1 Å². The first-order chi connectivity index (χ1) is 18.5. The molecule has 4 nitrogen and oxygen atoms in total. The number of amides is 1. The monoisotopic (exact) mass is 549 g/mol. The molecule has 0 bridgehead atoms. The van der Waals surface area contributed by atoms with Crippen LogP contribution < -0.4 is 10.6 Å². The summed E-state index contributed by atoms with van der Waals surface area (Å²) in [6, 6.07) is 26.7. The lowest BCUT2D eigenvalue weighted by atomic mass is 9.78. The van der Waals surface area contributed by atoms with Crippen molar-refractivity contribution in [2.45, 2.75) is 54.9 Å². The van der Waals surface area contributed by atoms with Gasteiger partial charge in [-0.25, -0.2) is 0 Å². The lowest BCUT2D eigenvalue weighted by Crippen LogP contribution is -2.46. The topological polar surface area (TPSA) is 44.4 Å². The van der Waals surface area contributed by atoms with Crippen LogP contribution in [0.4, 0.5) is 0 Å². The number of carbonyl (C=O) groups excluding carboxylic acids is 1. The molecule has 0 spiro atoms. The Morgan fingerprint density at radius 1 is 1.03 bits per heavy atom. The molecule has 5 rings (SSSR count). The Labute approximate surface area is 238 Å². The second kappa shape index (κ2) is 14.2. The number of benzene rings is 3. The maximum absolute atomic E-state index is 12.4. The molecule has 0 radical (unpaired) electrons. The SMILES string of the molecule is CNCC1(CCN2CCC(NC(=O)Cc3ccccc3)CC2)CCc2ccccc21.Sc1cccc(Cl)c1. The maximum Gasteiger partial charge on any atom is 0.224 e. The predicted molar refractivity (Wildman–Crippen MR) is 161 cm³/mol. The number of fused-ring (bicyclic) bond motifs is 1. The van der Waals surface area contributed by atoms with E-state index in [0.29, 0.717) is 12.5 Å². The largest absolute Gasteiger partial charge is 0.353 e. The quantitative estimate of drug-likeness (QED) is 0.305. The molecule has 3 aromatic rings. The highest BCUT2D eigenvalue weighted by atomic mass is 35.5. The minimum Gasteiger partial charge on any atom is -0.353 e. The molecule has 38 heavy (non-hydrogen) atoms. The van der Waals surface area contributed by atoms with Crippen LogP contribution in [0.25, 0.3) is 0 Å². The van der Waals surface area contributed by atoms with Crippen molar-refractivity contribution in [3.8, 4) is 0 Å². The van der Waals surface area contributed by atoms with Crippen LogP contribution in [-0.4, -0.2) is 50.1 Å². The summed E-state index contributed by atoms with van der Waals surface area (Å²) in [5.74, 6) is 0.148. The number of halogens is 1. The molecule has 0 aromatic heterocycles. The van der Waals surface area contributed by atoms with Gasteiger partial charge in [0.15, 0.2) is 0 Å². The normalized spacial score (nSPS) is 19.3. The van der Waals surface area contributed by atoms with Gasteiger partial charge < -0.3 is 15.5 Å². The Balaban J connectivity index is 0.000000360. The van der Waals surface area contributed by atoms with Gasteiger partial charge in [-0.05, 0) is 80.6 Å². The second-order valence-corrected chi connectivity index (χ2v) is 11.5. The summed E-state index contributed by atoms with van der Waals surface area (Å²) in [5, 5.41) is 7.45. The van der Waals surface area contributed by atoms with Gasteiger partial charge in [0.2, 0.25) is 5.91 Å². The van der Waals surface area contributed by atoms with Crippen molar-refractivity contribution in [2.24, 2.45) is 0 Å². The molecular formula is C32H40ClN3OS. The Kier molecular flexibility index (Phi) is 10.7.